The Balaban J connectivity index is 1.86. The molecule has 1 aromatic heterocycles. The maximum absolute atomic E-state index is 10.9. The smallest absolute Gasteiger partial charge is 0.309 e. The molecule has 1 N–H and O–H groups in total. The average molecular weight is 274 g/mol. The van der Waals surface area contributed by atoms with Crippen molar-refractivity contribution in [2.45, 2.75) is 19.9 Å². The molecule has 0 radical (unpaired) electrons. The van der Waals surface area contributed by atoms with Crippen LogP contribution >= 0.6 is 0 Å². The number of hydrogen-bond acceptors (Lipinski definition) is 4. The van der Waals surface area contributed by atoms with Gasteiger partial charge in [0.15, 0.2) is 11.5 Å². The number of ether oxygens (including phenoxy) is 2. The first-order chi connectivity index (χ1) is 9.63. The Morgan fingerprint density at radius 1 is 1.40 bits per heavy atom. The molecule has 104 valence electrons. The highest BCUT2D eigenvalue weighted by Gasteiger charge is 2.15. The van der Waals surface area contributed by atoms with E-state index in [1.54, 1.807) is 6.33 Å². The predicted octanol–water partition coefficient (Wildman–Crippen LogP) is 1.60. The third-order valence-electron chi connectivity index (χ3n) is 3.26. The van der Waals surface area contributed by atoms with Crippen molar-refractivity contribution in [3.05, 3.63) is 41.5 Å². The Kier molecular flexibility index (Phi) is 3.06. The molecule has 1 aromatic carbocycles. The molecule has 0 unspecified atom stereocenters. The lowest BCUT2D eigenvalue weighted by molar-refractivity contribution is -0.136. The zero-order valence-corrected chi connectivity index (χ0v) is 11.0. The summed E-state index contributed by atoms with van der Waals surface area (Å²) in [5, 5.41) is 8.95. The van der Waals surface area contributed by atoms with Crippen molar-refractivity contribution in [3.63, 3.8) is 0 Å². The van der Waals surface area contributed by atoms with Crippen LogP contribution in [0.3, 0.4) is 0 Å². The maximum Gasteiger partial charge on any atom is 0.309 e. The molecule has 1 aliphatic heterocycles. The molecule has 0 saturated heterocycles. The van der Waals surface area contributed by atoms with Gasteiger partial charge in [-0.2, -0.15) is 0 Å². The summed E-state index contributed by atoms with van der Waals surface area (Å²) in [4.78, 5) is 15.1. The SMILES string of the molecule is Cc1ncn(Cc2ccc3c(c2)OCO3)c1CC(=O)O. The van der Waals surface area contributed by atoms with Crippen LogP contribution in [0.1, 0.15) is 17.0 Å². The lowest BCUT2D eigenvalue weighted by atomic mass is 10.2. The van der Waals surface area contributed by atoms with Crippen molar-refractivity contribution in [2.75, 3.05) is 6.79 Å². The molecule has 3 rings (SSSR count). The summed E-state index contributed by atoms with van der Waals surface area (Å²) < 4.78 is 12.4. The lowest BCUT2D eigenvalue weighted by Gasteiger charge is -2.08. The van der Waals surface area contributed by atoms with E-state index >= 15 is 0 Å². The number of rotatable bonds is 4. The van der Waals surface area contributed by atoms with E-state index in [1.807, 2.05) is 29.7 Å². The van der Waals surface area contributed by atoms with Crippen molar-refractivity contribution in [3.8, 4) is 11.5 Å². The van der Waals surface area contributed by atoms with Crippen molar-refractivity contribution in [1.29, 1.82) is 0 Å². The molecule has 2 aromatic rings. The Hall–Kier alpha value is -2.50. The van der Waals surface area contributed by atoms with Gasteiger partial charge < -0.3 is 19.1 Å². The van der Waals surface area contributed by atoms with Gasteiger partial charge in [0.2, 0.25) is 6.79 Å². The molecule has 0 aliphatic carbocycles. The van der Waals surface area contributed by atoms with E-state index in [-0.39, 0.29) is 13.2 Å². The Bertz CT molecular complexity index is 663. The standard InChI is InChI=1S/C14H14N2O4/c1-9-11(5-14(17)18)16(7-15-9)6-10-2-3-12-13(4-10)20-8-19-12/h2-4,7H,5-6,8H2,1H3,(H,17,18). The topological polar surface area (TPSA) is 73.6 Å². The van der Waals surface area contributed by atoms with Gasteiger partial charge in [-0.1, -0.05) is 6.07 Å². The molecule has 20 heavy (non-hydrogen) atoms. The average Bonchev–Trinajstić information content (AvgIpc) is 2.99. The number of carboxylic acids is 1. The van der Waals surface area contributed by atoms with E-state index in [0.29, 0.717) is 6.54 Å². The minimum Gasteiger partial charge on any atom is -0.481 e. The highest BCUT2D eigenvalue weighted by Crippen LogP contribution is 2.32. The first kappa shape index (κ1) is 12.5. The largest absolute Gasteiger partial charge is 0.481 e. The normalized spacial score (nSPS) is 12.7. The van der Waals surface area contributed by atoms with Crippen molar-refractivity contribution < 1.29 is 19.4 Å². The summed E-state index contributed by atoms with van der Waals surface area (Å²) in [5.74, 6) is 0.598. The van der Waals surface area contributed by atoms with Gasteiger partial charge in [0.05, 0.1) is 24.1 Å². The third-order valence-corrected chi connectivity index (χ3v) is 3.26. The number of aliphatic carboxylic acids is 1. The third kappa shape index (κ3) is 2.32. The van der Waals surface area contributed by atoms with Gasteiger partial charge in [-0.3, -0.25) is 4.79 Å². The molecular formula is C14H14N2O4. The van der Waals surface area contributed by atoms with E-state index in [0.717, 1.165) is 28.5 Å². The molecule has 0 amide bonds. The molecule has 6 heteroatoms. The minimum absolute atomic E-state index is 0.0314. The van der Waals surface area contributed by atoms with Crippen molar-refractivity contribution in [1.82, 2.24) is 9.55 Å². The number of nitrogens with zero attached hydrogens (tertiary/aromatic N) is 2. The fraction of sp³-hybridized carbons (Fsp3) is 0.286. The van der Waals surface area contributed by atoms with Gasteiger partial charge in [-0.05, 0) is 24.6 Å². The number of carbonyl (C=O) groups is 1. The fourth-order valence-corrected chi connectivity index (χ4v) is 2.25. The van der Waals surface area contributed by atoms with Crippen LogP contribution in [0.25, 0.3) is 0 Å². The first-order valence-corrected chi connectivity index (χ1v) is 6.24. The van der Waals surface area contributed by atoms with Gasteiger partial charge in [0.1, 0.15) is 0 Å². The second-order valence-electron chi connectivity index (χ2n) is 4.66. The zero-order valence-electron chi connectivity index (χ0n) is 11.0. The zero-order chi connectivity index (χ0) is 14.1. The van der Waals surface area contributed by atoms with Gasteiger partial charge in [-0.15, -0.1) is 0 Å². The molecule has 0 fully saturated rings. The van der Waals surface area contributed by atoms with Gasteiger partial charge in [-0.25, -0.2) is 4.98 Å². The van der Waals surface area contributed by atoms with Crippen LogP contribution in [0.4, 0.5) is 0 Å². The van der Waals surface area contributed by atoms with Crippen LogP contribution in [0.5, 0.6) is 11.5 Å². The lowest BCUT2D eigenvalue weighted by Crippen LogP contribution is -2.09. The number of benzene rings is 1. The van der Waals surface area contributed by atoms with E-state index < -0.39 is 5.97 Å². The van der Waals surface area contributed by atoms with Crippen LogP contribution in [0.15, 0.2) is 24.5 Å². The van der Waals surface area contributed by atoms with E-state index in [4.69, 9.17) is 14.6 Å². The van der Waals surface area contributed by atoms with Crippen LogP contribution in [-0.4, -0.2) is 27.4 Å². The predicted molar refractivity (Wildman–Crippen MR) is 70.0 cm³/mol. The van der Waals surface area contributed by atoms with Crippen molar-refractivity contribution in [2.24, 2.45) is 0 Å². The molecule has 6 nitrogen and oxygen atoms in total. The number of fused-ring (bicyclic) bond motifs is 1. The summed E-state index contributed by atoms with van der Waals surface area (Å²) in [5.41, 5.74) is 2.47. The molecule has 0 atom stereocenters. The summed E-state index contributed by atoms with van der Waals surface area (Å²) in [6, 6.07) is 5.70. The van der Waals surface area contributed by atoms with Crippen LogP contribution < -0.4 is 9.47 Å². The number of hydrogen-bond donors (Lipinski definition) is 1. The Labute approximate surface area is 115 Å². The minimum atomic E-state index is -0.861. The summed E-state index contributed by atoms with van der Waals surface area (Å²) in [6.07, 6.45) is 1.63. The number of carboxylic acid groups (broad SMARTS) is 1. The second-order valence-corrected chi connectivity index (χ2v) is 4.66. The first-order valence-electron chi connectivity index (χ1n) is 6.24. The van der Waals surface area contributed by atoms with Gasteiger partial charge >= 0.3 is 5.97 Å². The molecule has 1 aliphatic rings. The second kappa shape index (κ2) is 4.88. The van der Waals surface area contributed by atoms with E-state index in [2.05, 4.69) is 4.98 Å². The summed E-state index contributed by atoms with van der Waals surface area (Å²) in [7, 11) is 0. The van der Waals surface area contributed by atoms with E-state index in [9.17, 15) is 4.79 Å². The molecule has 0 bridgehead atoms. The molecular weight excluding hydrogens is 260 g/mol. The quantitative estimate of drug-likeness (QED) is 0.916. The maximum atomic E-state index is 10.9. The van der Waals surface area contributed by atoms with Crippen LogP contribution in [0, 0.1) is 6.92 Å². The Morgan fingerprint density at radius 2 is 2.20 bits per heavy atom. The highest BCUT2D eigenvalue weighted by atomic mass is 16.7. The van der Waals surface area contributed by atoms with Gasteiger partial charge in [0, 0.05) is 6.54 Å². The highest BCUT2D eigenvalue weighted by molar-refractivity contribution is 5.69. The summed E-state index contributed by atoms with van der Waals surface area (Å²) >= 11 is 0. The summed E-state index contributed by atoms with van der Waals surface area (Å²) in [6.45, 7) is 2.61. The Morgan fingerprint density at radius 3 is 3.00 bits per heavy atom. The van der Waals surface area contributed by atoms with E-state index in [1.165, 1.54) is 0 Å². The van der Waals surface area contributed by atoms with Gasteiger partial charge in [0.25, 0.3) is 0 Å². The van der Waals surface area contributed by atoms with Crippen LogP contribution in [-0.2, 0) is 17.8 Å². The van der Waals surface area contributed by atoms with Crippen LogP contribution in [0.2, 0.25) is 0 Å². The molecule has 2 heterocycles. The molecule has 0 spiro atoms. The number of aryl methyl sites for hydroxylation is 1. The monoisotopic (exact) mass is 274 g/mol. The number of imidazole rings is 1. The molecule has 0 saturated carbocycles. The number of aromatic nitrogens is 2. The fourth-order valence-electron chi connectivity index (χ4n) is 2.25. The van der Waals surface area contributed by atoms with Crippen molar-refractivity contribution >= 4 is 5.97 Å².